The molecule has 20 heavy (non-hydrogen) atoms. The van der Waals surface area contributed by atoms with Crippen molar-refractivity contribution in [3.8, 4) is 5.75 Å². The first-order chi connectivity index (χ1) is 9.47. The fourth-order valence-corrected chi connectivity index (χ4v) is 3.63. The lowest BCUT2D eigenvalue weighted by atomic mass is 10.1. The van der Waals surface area contributed by atoms with Crippen molar-refractivity contribution in [2.24, 2.45) is 5.73 Å². The second-order valence-electron chi connectivity index (χ2n) is 5.24. The SMILES string of the molecule is Cc1ccc(OCCS(=O)(=O)N2CCC[C@H](N)C2)cc1. The van der Waals surface area contributed by atoms with Crippen molar-refractivity contribution in [1.82, 2.24) is 4.31 Å². The summed E-state index contributed by atoms with van der Waals surface area (Å²) in [6.45, 7) is 3.15. The van der Waals surface area contributed by atoms with Crippen molar-refractivity contribution in [3.63, 3.8) is 0 Å². The van der Waals surface area contributed by atoms with Gasteiger partial charge in [-0.15, -0.1) is 0 Å². The molecule has 0 radical (unpaired) electrons. The molecule has 0 amide bonds. The first-order valence-corrected chi connectivity index (χ1v) is 8.51. The molecule has 0 aliphatic carbocycles. The van der Waals surface area contributed by atoms with Crippen LogP contribution in [-0.2, 0) is 10.0 Å². The highest BCUT2D eigenvalue weighted by molar-refractivity contribution is 7.89. The highest BCUT2D eigenvalue weighted by atomic mass is 32.2. The van der Waals surface area contributed by atoms with Gasteiger partial charge in [-0.2, -0.15) is 0 Å². The van der Waals surface area contributed by atoms with E-state index in [2.05, 4.69) is 0 Å². The molecule has 1 fully saturated rings. The summed E-state index contributed by atoms with van der Waals surface area (Å²) in [4.78, 5) is 0. The van der Waals surface area contributed by atoms with Crippen molar-refractivity contribution in [3.05, 3.63) is 29.8 Å². The van der Waals surface area contributed by atoms with Gasteiger partial charge in [0.2, 0.25) is 10.0 Å². The van der Waals surface area contributed by atoms with Crippen LogP contribution in [-0.4, -0.2) is 44.2 Å². The summed E-state index contributed by atoms with van der Waals surface area (Å²) in [6.07, 6.45) is 1.73. The van der Waals surface area contributed by atoms with Crippen LogP contribution in [0.5, 0.6) is 5.75 Å². The van der Waals surface area contributed by atoms with E-state index >= 15 is 0 Å². The fourth-order valence-electron chi connectivity index (χ4n) is 2.26. The predicted octanol–water partition coefficient (Wildman–Crippen LogP) is 1.13. The van der Waals surface area contributed by atoms with Gasteiger partial charge in [-0.1, -0.05) is 17.7 Å². The molecule has 0 unspecified atom stereocenters. The fraction of sp³-hybridized carbons (Fsp3) is 0.571. The second kappa shape index (κ2) is 6.56. The van der Waals surface area contributed by atoms with Crippen molar-refractivity contribution in [2.75, 3.05) is 25.4 Å². The standard InChI is InChI=1S/C14H22N2O3S/c1-12-4-6-14(7-5-12)19-9-10-20(17,18)16-8-2-3-13(15)11-16/h4-7,13H,2-3,8-11,15H2,1H3/t13-/m0/s1. The molecule has 1 aliphatic heterocycles. The van der Waals surface area contributed by atoms with E-state index in [1.54, 1.807) is 0 Å². The van der Waals surface area contributed by atoms with Crippen LogP contribution in [0.4, 0.5) is 0 Å². The Bertz CT molecular complexity index is 528. The predicted molar refractivity (Wildman–Crippen MR) is 79.2 cm³/mol. The maximum Gasteiger partial charge on any atom is 0.217 e. The molecule has 112 valence electrons. The van der Waals surface area contributed by atoms with Crippen LogP contribution < -0.4 is 10.5 Å². The first-order valence-electron chi connectivity index (χ1n) is 6.90. The lowest BCUT2D eigenvalue weighted by Crippen LogP contribution is -2.46. The quantitative estimate of drug-likeness (QED) is 0.884. The molecule has 5 nitrogen and oxygen atoms in total. The van der Waals surface area contributed by atoms with E-state index in [0.29, 0.717) is 18.8 Å². The third-order valence-corrected chi connectivity index (χ3v) is 5.25. The van der Waals surface area contributed by atoms with Gasteiger partial charge in [0.05, 0.1) is 5.75 Å². The third-order valence-electron chi connectivity index (χ3n) is 3.44. The molecule has 1 aromatic rings. The average Bonchev–Trinajstić information content (AvgIpc) is 2.41. The Balaban J connectivity index is 1.84. The Hall–Kier alpha value is -1.11. The molecule has 2 N–H and O–H groups in total. The molecule has 1 aromatic carbocycles. The van der Waals surface area contributed by atoms with Gasteiger partial charge in [-0.05, 0) is 31.9 Å². The molecule has 2 rings (SSSR count). The number of sulfonamides is 1. The zero-order valence-corrected chi connectivity index (χ0v) is 12.6. The van der Waals surface area contributed by atoms with Crippen LogP contribution in [0.15, 0.2) is 24.3 Å². The van der Waals surface area contributed by atoms with Crippen LogP contribution in [0, 0.1) is 6.92 Å². The van der Waals surface area contributed by atoms with E-state index in [1.165, 1.54) is 4.31 Å². The molecular weight excluding hydrogens is 276 g/mol. The van der Waals surface area contributed by atoms with Crippen molar-refractivity contribution in [2.45, 2.75) is 25.8 Å². The molecule has 6 heteroatoms. The lowest BCUT2D eigenvalue weighted by molar-refractivity contribution is 0.305. The summed E-state index contributed by atoms with van der Waals surface area (Å²) in [5.41, 5.74) is 6.96. The smallest absolute Gasteiger partial charge is 0.217 e. The van der Waals surface area contributed by atoms with Crippen LogP contribution >= 0.6 is 0 Å². The van der Waals surface area contributed by atoms with E-state index in [9.17, 15) is 8.42 Å². The number of hydrogen-bond acceptors (Lipinski definition) is 4. The molecule has 0 bridgehead atoms. The highest BCUT2D eigenvalue weighted by Gasteiger charge is 2.27. The largest absolute Gasteiger partial charge is 0.492 e. The molecule has 1 heterocycles. The maximum absolute atomic E-state index is 12.2. The molecular formula is C14H22N2O3S. The number of ether oxygens (including phenoxy) is 1. The molecule has 0 aromatic heterocycles. The topological polar surface area (TPSA) is 72.6 Å². The Morgan fingerprint density at radius 2 is 2.05 bits per heavy atom. The van der Waals surface area contributed by atoms with Crippen molar-refractivity contribution >= 4 is 10.0 Å². The minimum absolute atomic E-state index is 0.00635. The Kier molecular flexibility index (Phi) is 5.01. The zero-order valence-electron chi connectivity index (χ0n) is 11.8. The van der Waals surface area contributed by atoms with Gasteiger partial charge < -0.3 is 10.5 Å². The Labute approximate surface area is 120 Å². The highest BCUT2D eigenvalue weighted by Crippen LogP contribution is 2.14. The van der Waals surface area contributed by atoms with Gasteiger partial charge in [-0.25, -0.2) is 12.7 Å². The second-order valence-corrected chi connectivity index (χ2v) is 7.33. The van der Waals surface area contributed by atoms with E-state index in [0.717, 1.165) is 18.4 Å². The zero-order chi connectivity index (χ0) is 14.6. The minimum atomic E-state index is -3.27. The van der Waals surface area contributed by atoms with Crippen LogP contribution in [0.25, 0.3) is 0 Å². The number of benzene rings is 1. The van der Waals surface area contributed by atoms with E-state index in [-0.39, 0.29) is 18.4 Å². The van der Waals surface area contributed by atoms with Gasteiger partial charge in [-0.3, -0.25) is 0 Å². The van der Waals surface area contributed by atoms with Crippen molar-refractivity contribution < 1.29 is 13.2 Å². The Morgan fingerprint density at radius 3 is 2.70 bits per heavy atom. The molecule has 1 aliphatic rings. The summed E-state index contributed by atoms with van der Waals surface area (Å²) in [6, 6.07) is 7.52. The van der Waals surface area contributed by atoms with Crippen LogP contribution in [0.1, 0.15) is 18.4 Å². The maximum atomic E-state index is 12.2. The van der Waals surface area contributed by atoms with Crippen LogP contribution in [0.3, 0.4) is 0 Å². The van der Waals surface area contributed by atoms with Gasteiger partial charge in [0.25, 0.3) is 0 Å². The number of piperidine rings is 1. The summed E-state index contributed by atoms with van der Waals surface area (Å²) in [5.74, 6) is 0.689. The van der Waals surface area contributed by atoms with E-state index < -0.39 is 10.0 Å². The van der Waals surface area contributed by atoms with Gasteiger partial charge >= 0.3 is 0 Å². The third kappa shape index (κ3) is 4.19. The summed E-state index contributed by atoms with van der Waals surface area (Å²) in [7, 11) is -3.27. The van der Waals surface area contributed by atoms with E-state index in [1.807, 2.05) is 31.2 Å². The molecule has 0 spiro atoms. The summed E-state index contributed by atoms with van der Waals surface area (Å²) in [5, 5.41) is 0. The van der Waals surface area contributed by atoms with Gasteiger partial charge in [0, 0.05) is 19.1 Å². The summed E-state index contributed by atoms with van der Waals surface area (Å²) >= 11 is 0. The lowest BCUT2D eigenvalue weighted by Gasteiger charge is -2.29. The monoisotopic (exact) mass is 298 g/mol. The first kappa shape index (κ1) is 15.3. The number of hydrogen-bond donors (Lipinski definition) is 1. The molecule has 1 saturated heterocycles. The molecule has 0 saturated carbocycles. The average molecular weight is 298 g/mol. The van der Waals surface area contributed by atoms with Crippen LogP contribution in [0.2, 0.25) is 0 Å². The molecule has 1 atom stereocenters. The normalized spacial score (nSPS) is 20.8. The van der Waals surface area contributed by atoms with Crippen molar-refractivity contribution in [1.29, 1.82) is 0 Å². The summed E-state index contributed by atoms with van der Waals surface area (Å²) < 4.78 is 31.3. The minimum Gasteiger partial charge on any atom is -0.492 e. The van der Waals surface area contributed by atoms with Gasteiger partial charge in [0.15, 0.2) is 0 Å². The number of rotatable bonds is 5. The number of nitrogens with two attached hydrogens (primary N) is 1. The number of aryl methyl sites for hydroxylation is 1. The van der Waals surface area contributed by atoms with Gasteiger partial charge in [0.1, 0.15) is 12.4 Å². The van der Waals surface area contributed by atoms with E-state index in [4.69, 9.17) is 10.5 Å². The Morgan fingerprint density at radius 1 is 1.35 bits per heavy atom. The number of nitrogens with zero attached hydrogens (tertiary/aromatic N) is 1.